The summed E-state index contributed by atoms with van der Waals surface area (Å²) in [5.41, 5.74) is 0. The molecule has 0 spiro atoms. The van der Waals surface area contributed by atoms with Crippen LogP contribution in [0.2, 0.25) is 0 Å². The van der Waals surface area contributed by atoms with E-state index in [9.17, 15) is 15.3 Å². The number of ether oxygens (including phenoxy) is 2. The third kappa shape index (κ3) is 10.5. The topological polar surface area (TPSA) is 99.4 Å². The van der Waals surface area contributed by atoms with E-state index >= 15 is 0 Å². The van der Waals surface area contributed by atoms with Gasteiger partial charge in [-0.3, -0.25) is 0 Å². The largest absolute Gasteiger partial charge is 0.394 e. The van der Waals surface area contributed by atoms with Crippen molar-refractivity contribution in [1.82, 2.24) is 0 Å². The summed E-state index contributed by atoms with van der Waals surface area (Å²) in [7, 11) is 0. The van der Waals surface area contributed by atoms with E-state index in [4.69, 9.17) is 14.6 Å². The van der Waals surface area contributed by atoms with Gasteiger partial charge in [0.05, 0.1) is 6.61 Å². The van der Waals surface area contributed by atoms with Crippen molar-refractivity contribution in [3.05, 3.63) is 0 Å². The lowest BCUT2D eigenvalue weighted by molar-refractivity contribution is -0.301. The van der Waals surface area contributed by atoms with Crippen molar-refractivity contribution in [3.63, 3.8) is 0 Å². The van der Waals surface area contributed by atoms with Crippen molar-refractivity contribution in [2.75, 3.05) is 13.2 Å². The third-order valence-electron chi connectivity index (χ3n) is 5.63. The predicted octanol–water partition coefficient (Wildman–Crippen LogP) is 3.28. The summed E-state index contributed by atoms with van der Waals surface area (Å²) in [6.45, 7) is 2.26. The number of rotatable bonds is 17. The van der Waals surface area contributed by atoms with Gasteiger partial charge in [0, 0.05) is 6.61 Å². The standard InChI is InChI=1S/C22H44O6/c1-2-3-4-5-6-7-8-9-10-11-12-13-14-15-16-27-22-21(26)20(25)19(24)18(17-23)28-22/h18-26H,2-17H2,1H3/t18-,19-,20+,21+,22+/m1/s1. The summed E-state index contributed by atoms with van der Waals surface area (Å²) in [6.07, 6.45) is 12.1. The highest BCUT2D eigenvalue weighted by Gasteiger charge is 2.43. The summed E-state index contributed by atoms with van der Waals surface area (Å²) in [4.78, 5) is 0. The second kappa shape index (κ2) is 16.5. The number of hydrogen-bond donors (Lipinski definition) is 4. The lowest BCUT2D eigenvalue weighted by atomic mass is 9.99. The van der Waals surface area contributed by atoms with Crippen LogP contribution >= 0.6 is 0 Å². The molecule has 0 saturated carbocycles. The van der Waals surface area contributed by atoms with E-state index in [0.717, 1.165) is 12.8 Å². The molecule has 168 valence electrons. The van der Waals surface area contributed by atoms with Gasteiger partial charge in [-0.15, -0.1) is 0 Å². The van der Waals surface area contributed by atoms with Crippen LogP contribution in [-0.2, 0) is 9.47 Å². The Morgan fingerprint density at radius 2 is 1.11 bits per heavy atom. The van der Waals surface area contributed by atoms with Crippen molar-refractivity contribution in [2.24, 2.45) is 0 Å². The van der Waals surface area contributed by atoms with Crippen LogP contribution in [0.1, 0.15) is 96.8 Å². The normalized spacial score (nSPS) is 28.0. The molecular weight excluding hydrogens is 360 g/mol. The van der Waals surface area contributed by atoms with Gasteiger partial charge in [-0.2, -0.15) is 0 Å². The van der Waals surface area contributed by atoms with Gasteiger partial charge < -0.3 is 29.9 Å². The molecule has 0 amide bonds. The molecule has 0 aromatic rings. The van der Waals surface area contributed by atoms with E-state index in [2.05, 4.69) is 6.92 Å². The first-order chi connectivity index (χ1) is 13.6. The highest BCUT2D eigenvalue weighted by atomic mass is 16.7. The molecule has 4 N–H and O–H groups in total. The molecule has 28 heavy (non-hydrogen) atoms. The number of hydrogen-bond acceptors (Lipinski definition) is 6. The maximum absolute atomic E-state index is 9.89. The molecule has 0 aromatic carbocycles. The fourth-order valence-corrected chi connectivity index (χ4v) is 3.70. The first kappa shape index (κ1) is 25.8. The summed E-state index contributed by atoms with van der Waals surface area (Å²) in [5, 5.41) is 38.5. The molecule has 1 aliphatic heterocycles. The van der Waals surface area contributed by atoms with Gasteiger partial charge in [0.15, 0.2) is 6.29 Å². The minimum absolute atomic E-state index is 0.427. The smallest absolute Gasteiger partial charge is 0.186 e. The second-order valence-electron chi connectivity index (χ2n) is 8.16. The third-order valence-corrected chi connectivity index (χ3v) is 5.63. The Morgan fingerprint density at radius 1 is 0.643 bits per heavy atom. The van der Waals surface area contributed by atoms with E-state index < -0.39 is 37.3 Å². The van der Waals surface area contributed by atoms with Crippen LogP contribution in [0.25, 0.3) is 0 Å². The molecule has 6 nitrogen and oxygen atoms in total. The number of aliphatic hydroxyl groups excluding tert-OH is 4. The van der Waals surface area contributed by atoms with Crippen LogP contribution < -0.4 is 0 Å². The van der Waals surface area contributed by atoms with Crippen LogP contribution in [0.3, 0.4) is 0 Å². The van der Waals surface area contributed by atoms with Crippen molar-refractivity contribution in [3.8, 4) is 0 Å². The molecular formula is C22H44O6. The minimum atomic E-state index is -1.37. The summed E-state index contributed by atoms with van der Waals surface area (Å²) >= 11 is 0. The van der Waals surface area contributed by atoms with E-state index in [1.54, 1.807) is 0 Å². The van der Waals surface area contributed by atoms with Gasteiger partial charge in [-0.25, -0.2) is 0 Å². The molecule has 1 rings (SSSR count). The van der Waals surface area contributed by atoms with Crippen molar-refractivity contribution < 1.29 is 29.9 Å². The Balaban J connectivity index is 1.90. The SMILES string of the molecule is CCCCCCCCCCCCCCCCO[C@H]1O[C@H](CO)[C@@H](O)[C@H](O)[C@@H]1O. The van der Waals surface area contributed by atoms with E-state index in [-0.39, 0.29) is 0 Å². The fourth-order valence-electron chi connectivity index (χ4n) is 3.70. The molecule has 0 bridgehead atoms. The van der Waals surface area contributed by atoms with Crippen LogP contribution in [0.5, 0.6) is 0 Å². The number of unbranched alkanes of at least 4 members (excludes halogenated alkanes) is 13. The fraction of sp³-hybridized carbons (Fsp3) is 1.00. The van der Waals surface area contributed by atoms with Crippen molar-refractivity contribution in [1.29, 1.82) is 0 Å². The van der Waals surface area contributed by atoms with Gasteiger partial charge in [0.25, 0.3) is 0 Å². The second-order valence-corrected chi connectivity index (χ2v) is 8.16. The molecule has 0 aromatic heterocycles. The lowest BCUT2D eigenvalue weighted by Gasteiger charge is -2.39. The number of aliphatic hydroxyl groups is 4. The van der Waals surface area contributed by atoms with E-state index in [1.807, 2.05) is 0 Å². The molecule has 1 saturated heterocycles. The highest BCUT2D eigenvalue weighted by Crippen LogP contribution is 2.22. The van der Waals surface area contributed by atoms with Crippen molar-refractivity contribution in [2.45, 2.75) is 128 Å². The maximum atomic E-state index is 9.89. The Bertz CT molecular complexity index is 352. The molecule has 5 atom stereocenters. The van der Waals surface area contributed by atoms with Gasteiger partial charge in [-0.1, -0.05) is 90.4 Å². The highest BCUT2D eigenvalue weighted by molar-refractivity contribution is 4.88. The zero-order chi connectivity index (χ0) is 20.6. The lowest BCUT2D eigenvalue weighted by Crippen LogP contribution is -2.59. The molecule has 1 heterocycles. The quantitative estimate of drug-likeness (QED) is 0.278. The molecule has 0 radical (unpaired) electrons. The Labute approximate surface area is 171 Å². The van der Waals surface area contributed by atoms with Gasteiger partial charge in [0.1, 0.15) is 24.4 Å². The summed E-state index contributed by atoms with van der Waals surface area (Å²) in [6, 6.07) is 0. The Morgan fingerprint density at radius 3 is 1.57 bits per heavy atom. The summed E-state index contributed by atoms with van der Waals surface area (Å²) in [5.74, 6) is 0. The zero-order valence-electron chi connectivity index (χ0n) is 17.8. The molecule has 1 aliphatic rings. The van der Waals surface area contributed by atoms with Crippen LogP contribution in [-0.4, -0.2) is 64.3 Å². The zero-order valence-corrected chi connectivity index (χ0v) is 17.8. The average molecular weight is 405 g/mol. The Hall–Kier alpha value is -0.240. The van der Waals surface area contributed by atoms with E-state index in [1.165, 1.54) is 77.0 Å². The van der Waals surface area contributed by atoms with Crippen LogP contribution in [0.4, 0.5) is 0 Å². The van der Waals surface area contributed by atoms with Crippen LogP contribution in [0.15, 0.2) is 0 Å². The van der Waals surface area contributed by atoms with Crippen molar-refractivity contribution >= 4 is 0 Å². The molecule has 0 aliphatic carbocycles. The van der Waals surface area contributed by atoms with Gasteiger partial charge >= 0.3 is 0 Å². The molecule has 6 heteroatoms. The Kier molecular flexibility index (Phi) is 15.2. The average Bonchev–Trinajstić information content (AvgIpc) is 2.70. The molecule has 0 unspecified atom stereocenters. The minimum Gasteiger partial charge on any atom is -0.394 e. The predicted molar refractivity (Wildman–Crippen MR) is 110 cm³/mol. The van der Waals surface area contributed by atoms with E-state index in [0.29, 0.717) is 6.61 Å². The first-order valence-corrected chi connectivity index (χ1v) is 11.5. The van der Waals surface area contributed by atoms with Gasteiger partial charge in [-0.05, 0) is 6.42 Å². The monoisotopic (exact) mass is 404 g/mol. The summed E-state index contributed by atoms with van der Waals surface area (Å²) < 4.78 is 10.8. The van der Waals surface area contributed by atoms with Gasteiger partial charge in [0.2, 0.25) is 0 Å². The maximum Gasteiger partial charge on any atom is 0.186 e. The first-order valence-electron chi connectivity index (χ1n) is 11.5. The van der Waals surface area contributed by atoms with Crippen LogP contribution in [0, 0.1) is 0 Å². The molecule has 1 fully saturated rings.